The van der Waals surface area contributed by atoms with E-state index < -0.39 is 0 Å². The summed E-state index contributed by atoms with van der Waals surface area (Å²) >= 11 is 0. The van der Waals surface area contributed by atoms with E-state index in [2.05, 4.69) is 0 Å². The number of hydrogen-bond donors (Lipinski definition) is 1. The van der Waals surface area contributed by atoms with E-state index in [9.17, 15) is 9.90 Å². The van der Waals surface area contributed by atoms with E-state index in [1.54, 1.807) is 12.1 Å². The standard InChI is InChI=1S/C17H16O3/c1-12-5-3-4-6-13(12)7-9-15(18)14-8-10-16(19)17(11-14)20-2/h3-11,19H,1-2H3/b9-7+. The SMILES string of the molecule is COc1cc(C(=O)/C=C/c2ccccc2C)ccc1O. The Morgan fingerprint density at radius 3 is 2.65 bits per heavy atom. The van der Waals surface area contributed by atoms with E-state index >= 15 is 0 Å². The molecule has 0 heterocycles. The first-order valence-corrected chi connectivity index (χ1v) is 6.27. The lowest BCUT2D eigenvalue weighted by Gasteiger charge is -2.04. The van der Waals surface area contributed by atoms with Crippen molar-refractivity contribution in [2.75, 3.05) is 7.11 Å². The minimum atomic E-state index is -0.133. The normalized spacial score (nSPS) is 10.7. The summed E-state index contributed by atoms with van der Waals surface area (Å²) in [5.41, 5.74) is 2.59. The number of phenolic OH excluding ortho intramolecular Hbond substituents is 1. The highest BCUT2D eigenvalue weighted by Gasteiger charge is 2.07. The smallest absolute Gasteiger partial charge is 0.185 e. The van der Waals surface area contributed by atoms with Crippen LogP contribution in [-0.4, -0.2) is 18.0 Å². The van der Waals surface area contributed by atoms with Gasteiger partial charge in [0.25, 0.3) is 0 Å². The lowest BCUT2D eigenvalue weighted by Crippen LogP contribution is -1.95. The van der Waals surface area contributed by atoms with Gasteiger partial charge in [0.15, 0.2) is 17.3 Å². The second kappa shape index (κ2) is 6.06. The molecule has 0 spiro atoms. The molecule has 0 aliphatic rings. The first-order chi connectivity index (χ1) is 9.61. The molecule has 3 heteroatoms. The molecule has 1 N–H and O–H groups in total. The van der Waals surface area contributed by atoms with Gasteiger partial charge >= 0.3 is 0 Å². The zero-order valence-electron chi connectivity index (χ0n) is 11.5. The number of benzene rings is 2. The number of phenols is 1. The molecule has 2 rings (SSSR count). The maximum atomic E-state index is 12.1. The number of allylic oxidation sites excluding steroid dienone is 1. The summed E-state index contributed by atoms with van der Waals surface area (Å²) in [6.45, 7) is 1.99. The molecule has 0 saturated carbocycles. The quantitative estimate of drug-likeness (QED) is 0.680. The minimum absolute atomic E-state index is 0.0203. The van der Waals surface area contributed by atoms with Gasteiger partial charge in [0.05, 0.1) is 7.11 Å². The number of aromatic hydroxyl groups is 1. The third kappa shape index (κ3) is 3.06. The molecule has 0 bridgehead atoms. The molecule has 0 saturated heterocycles. The summed E-state index contributed by atoms with van der Waals surface area (Å²) in [4.78, 5) is 12.1. The van der Waals surface area contributed by atoms with Crippen molar-refractivity contribution in [2.45, 2.75) is 6.92 Å². The number of hydrogen-bond acceptors (Lipinski definition) is 3. The second-order valence-electron chi connectivity index (χ2n) is 4.44. The first-order valence-electron chi connectivity index (χ1n) is 6.27. The first kappa shape index (κ1) is 13.9. The van der Waals surface area contributed by atoms with Crippen LogP contribution in [-0.2, 0) is 0 Å². The van der Waals surface area contributed by atoms with Gasteiger partial charge in [0.1, 0.15) is 0 Å². The van der Waals surface area contributed by atoms with E-state index in [0.29, 0.717) is 11.3 Å². The molecule has 0 unspecified atom stereocenters. The van der Waals surface area contributed by atoms with Gasteiger partial charge in [0.2, 0.25) is 0 Å². The molecule has 102 valence electrons. The zero-order chi connectivity index (χ0) is 14.5. The molecule has 0 radical (unpaired) electrons. The largest absolute Gasteiger partial charge is 0.504 e. The van der Waals surface area contributed by atoms with Crippen molar-refractivity contribution in [1.29, 1.82) is 0 Å². The van der Waals surface area contributed by atoms with Crippen molar-refractivity contribution in [1.82, 2.24) is 0 Å². The summed E-state index contributed by atoms with van der Waals surface area (Å²) < 4.78 is 4.99. The average Bonchev–Trinajstić information content (AvgIpc) is 2.46. The third-order valence-corrected chi connectivity index (χ3v) is 3.07. The Morgan fingerprint density at radius 1 is 1.20 bits per heavy atom. The highest BCUT2D eigenvalue weighted by molar-refractivity contribution is 6.07. The molecule has 20 heavy (non-hydrogen) atoms. The minimum Gasteiger partial charge on any atom is -0.504 e. The highest BCUT2D eigenvalue weighted by atomic mass is 16.5. The predicted octanol–water partition coefficient (Wildman–Crippen LogP) is 3.61. The number of aryl methyl sites for hydroxylation is 1. The molecular weight excluding hydrogens is 252 g/mol. The number of ketones is 1. The van der Waals surface area contributed by atoms with E-state index in [1.807, 2.05) is 31.2 Å². The van der Waals surface area contributed by atoms with E-state index in [4.69, 9.17) is 4.74 Å². The van der Waals surface area contributed by atoms with Crippen LogP contribution in [0.5, 0.6) is 11.5 Å². The van der Waals surface area contributed by atoms with Crippen molar-refractivity contribution in [3.8, 4) is 11.5 Å². The molecule has 2 aromatic carbocycles. The Morgan fingerprint density at radius 2 is 1.95 bits per heavy atom. The molecule has 3 nitrogen and oxygen atoms in total. The molecule has 2 aromatic rings. The fraction of sp³-hybridized carbons (Fsp3) is 0.118. The molecule has 0 atom stereocenters. The molecule has 0 amide bonds. The van der Waals surface area contributed by atoms with Crippen LogP contribution in [0.3, 0.4) is 0 Å². The van der Waals surface area contributed by atoms with Crippen molar-refractivity contribution < 1.29 is 14.6 Å². The van der Waals surface area contributed by atoms with E-state index in [1.165, 1.54) is 25.3 Å². The fourth-order valence-corrected chi connectivity index (χ4v) is 1.87. The van der Waals surface area contributed by atoms with Crippen LogP contribution >= 0.6 is 0 Å². The number of methoxy groups -OCH3 is 1. The summed E-state index contributed by atoms with van der Waals surface area (Å²) in [6.07, 6.45) is 3.31. The predicted molar refractivity (Wildman–Crippen MR) is 79.2 cm³/mol. The maximum absolute atomic E-state index is 12.1. The number of carbonyl (C=O) groups is 1. The van der Waals surface area contributed by atoms with Gasteiger partial charge in [-0.25, -0.2) is 0 Å². The monoisotopic (exact) mass is 268 g/mol. The number of ether oxygens (including phenoxy) is 1. The van der Waals surface area contributed by atoms with Gasteiger partial charge in [0, 0.05) is 5.56 Å². The highest BCUT2D eigenvalue weighted by Crippen LogP contribution is 2.26. The number of carbonyl (C=O) groups excluding carboxylic acids is 1. The van der Waals surface area contributed by atoms with Crippen LogP contribution in [0, 0.1) is 6.92 Å². The van der Waals surface area contributed by atoms with Crippen molar-refractivity contribution in [3.05, 3.63) is 65.2 Å². The topological polar surface area (TPSA) is 46.5 Å². The van der Waals surface area contributed by atoms with Gasteiger partial charge in [-0.15, -0.1) is 0 Å². The van der Waals surface area contributed by atoms with Crippen molar-refractivity contribution in [2.24, 2.45) is 0 Å². The Bertz CT molecular complexity index is 657. The number of rotatable bonds is 4. The molecular formula is C17H16O3. The zero-order valence-corrected chi connectivity index (χ0v) is 11.5. The Hall–Kier alpha value is -2.55. The van der Waals surface area contributed by atoms with Crippen LogP contribution in [0.4, 0.5) is 0 Å². The Balaban J connectivity index is 2.22. The lowest BCUT2D eigenvalue weighted by molar-refractivity contribution is 0.104. The van der Waals surface area contributed by atoms with Crippen LogP contribution in [0.15, 0.2) is 48.5 Å². The van der Waals surface area contributed by atoms with Gasteiger partial charge in [-0.2, -0.15) is 0 Å². The molecule has 0 aliphatic carbocycles. The van der Waals surface area contributed by atoms with Crippen LogP contribution in [0.25, 0.3) is 6.08 Å². The Labute approximate surface area is 118 Å². The van der Waals surface area contributed by atoms with Crippen molar-refractivity contribution in [3.63, 3.8) is 0 Å². The Kier molecular flexibility index (Phi) is 4.20. The van der Waals surface area contributed by atoms with Crippen LogP contribution < -0.4 is 4.74 Å². The van der Waals surface area contributed by atoms with Gasteiger partial charge in [-0.3, -0.25) is 4.79 Å². The molecule has 0 fully saturated rings. The van der Waals surface area contributed by atoms with Crippen LogP contribution in [0.1, 0.15) is 21.5 Å². The van der Waals surface area contributed by atoms with E-state index in [-0.39, 0.29) is 11.5 Å². The van der Waals surface area contributed by atoms with Crippen LogP contribution in [0.2, 0.25) is 0 Å². The van der Waals surface area contributed by atoms with Gasteiger partial charge in [-0.05, 0) is 42.3 Å². The molecule has 0 aromatic heterocycles. The summed E-state index contributed by atoms with van der Waals surface area (Å²) in [5.74, 6) is 0.179. The van der Waals surface area contributed by atoms with E-state index in [0.717, 1.165) is 11.1 Å². The van der Waals surface area contributed by atoms with Crippen molar-refractivity contribution >= 4 is 11.9 Å². The summed E-state index contributed by atoms with van der Waals surface area (Å²) in [6, 6.07) is 12.4. The average molecular weight is 268 g/mol. The van der Waals surface area contributed by atoms with Gasteiger partial charge < -0.3 is 9.84 Å². The summed E-state index contributed by atoms with van der Waals surface area (Å²) in [5, 5.41) is 9.51. The maximum Gasteiger partial charge on any atom is 0.185 e. The third-order valence-electron chi connectivity index (χ3n) is 3.07. The fourth-order valence-electron chi connectivity index (χ4n) is 1.87. The summed E-state index contributed by atoms with van der Waals surface area (Å²) in [7, 11) is 1.45. The lowest BCUT2D eigenvalue weighted by atomic mass is 10.1. The van der Waals surface area contributed by atoms with Gasteiger partial charge in [-0.1, -0.05) is 30.3 Å². The molecule has 0 aliphatic heterocycles. The second-order valence-corrected chi connectivity index (χ2v) is 4.44.